The minimum absolute atomic E-state index is 0.00782. The highest BCUT2D eigenvalue weighted by atomic mass is 32.2. The van der Waals surface area contributed by atoms with Crippen LogP contribution in [0.25, 0.3) is 0 Å². The van der Waals surface area contributed by atoms with Crippen molar-refractivity contribution >= 4 is 31.3 Å². The molecule has 0 aromatic heterocycles. The average Bonchev–Trinajstić information content (AvgIpc) is 2.54. The van der Waals surface area contributed by atoms with E-state index in [1.54, 1.807) is 36.4 Å². The number of rotatable bonds is 8. The maximum atomic E-state index is 12.1. The average molecular weight is 396 g/mol. The third kappa shape index (κ3) is 6.27. The fourth-order valence-corrected chi connectivity index (χ4v) is 4.73. The maximum absolute atomic E-state index is 12.1. The molecule has 0 aliphatic heterocycles. The summed E-state index contributed by atoms with van der Waals surface area (Å²) in [5.74, 6) is -0.592. The third-order valence-corrected chi connectivity index (χ3v) is 6.49. The summed E-state index contributed by atoms with van der Waals surface area (Å²) in [4.78, 5) is 12.1. The number of para-hydroxylation sites is 1. The van der Waals surface area contributed by atoms with E-state index in [4.69, 9.17) is 0 Å². The molecule has 0 aliphatic rings. The first-order valence-electron chi connectivity index (χ1n) is 8.01. The van der Waals surface area contributed by atoms with Crippen molar-refractivity contribution in [1.29, 1.82) is 0 Å². The molecule has 2 aromatic carbocycles. The lowest BCUT2D eigenvalue weighted by Gasteiger charge is -2.10. The van der Waals surface area contributed by atoms with Crippen LogP contribution in [0.15, 0.2) is 59.5 Å². The Balaban J connectivity index is 1.90. The number of anilines is 1. The predicted molar refractivity (Wildman–Crippen MR) is 101 cm³/mol. The molecule has 0 atom stereocenters. The summed E-state index contributed by atoms with van der Waals surface area (Å²) in [6, 6.07) is 15.0. The van der Waals surface area contributed by atoms with E-state index in [-0.39, 0.29) is 34.9 Å². The van der Waals surface area contributed by atoms with Gasteiger partial charge in [-0.3, -0.25) is 4.79 Å². The molecule has 2 aromatic rings. The van der Waals surface area contributed by atoms with Gasteiger partial charge in [0, 0.05) is 12.7 Å². The molecule has 6 nitrogen and oxygen atoms in total. The fraction of sp³-hybridized carbons (Fsp3) is 0.278. The fourth-order valence-electron chi connectivity index (χ4n) is 2.46. The van der Waals surface area contributed by atoms with Crippen molar-refractivity contribution in [2.24, 2.45) is 0 Å². The van der Waals surface area contributed by atoms with Crippen LogP contribution in [-0.2, 0) is 30.2 Å². The van der Waals surface area contributed by atoms with Gasteiger partial charge in [0.15, 0.2) is 19.7 Å². The summed E-state index contributed by atoms with van der Waals surface area (Å²) in [6.45, 7) is 0. The molecule has 0 heterocycles. The Morgan fingerprint density at radius 1 is 0.923 bits per heavy atom. The second-order valence-electron chi connectivity index (χ2n) is 6.00. The number of hydrogen-bond acceptors (Lipinski definition) is 5. The van der Waals surface area contributed by atoms with E-state index in [9.17, 15) is 21.6 Å². The number of carbonyl (C=O) groups excluding carboxylic acids is 1. The summed E-state index contributed by atoms with van der Waals surface area (Å²) in [7, 11) is -6.78. The van der Waals surface area contributed by atoms with Gasteiger partial charge in [-0.05, 0) is 24.1 Å². The Morgan fingerprint density at radius 3 is 2.19 bits per heavy atom. The van der Waals surface area contributed by atoms with Crippen molar-refractivity contribution in [3.63, 3.8) is 0 Å². The third-order valence-electron chi connectivity index (χ3n) is 3.65. The SMILES string of the molecule is CS(=O)(=O)c1ccccc1NC(=O)CCCS(=O)(=O)Cc1ccccc1. The minimum atomic E-state index is -3.47. The van der Waals surface area contributed by atoms with Gasteiger partial charge in [0.1, 0.15) is 0 Å². The topological polar surface area (TPSA) is 97.4 Å². The van der Waals surface area contributed by atoms with Gasteiger partial charge < -0.3 is 5.32 Å². The van der Waals surface area contributed by atoms with E-state index in [1.165, 1.54) is 12.1 Å². The number of hydrogen-bond donors (Lipinski definition) is 1. The molecular formula is C18H21NO5S2. The number of nitrogens with one attached hydrogen (secondary N) is 1. The zero-order valence-electron chi connectivity index (χ0n) is 14.4. The Labute approximate surface area is 154 Å². The lowest BCUT2D eigenvalue weighted by molar-refractivity contribution is -0.116. The van der Waals surface area contributed by atoms with E-state index >= 15 is 0 Å². The Morgan fingerprint density at radius 2 is 1.54 bits per heavy atom. The number of carbonyl (C=O) groups is 1. The second kappa shape index (κ2) is 8.46. The van der Waals surface area contributed by atoms with Crippen molar-refractivity contribution in [3.8, 4) is 0 Å². The molecule has 0 aliphatic carbocycles. The zero-order valence-corrected chi connectivity index (χ0v) is 16.0. The zero-order chi connectivity index (χ0) is 19.2. The van der Waals surface area contributed by atoms with E-state index < -0.39 is 25.6 Å². The summed E-state index contributed by atoms with van der Waals surface area (Å²) < 4.78 is 47.7. The maximum Gasteiger partial charge on any atom is 0.224 e. The van der Waals surface area contributed by atoms with E-state index in [0.717, 1.165) is 6.26 Å². The van der Waals surface area contributed by atoms with Crippen LogP contribution in [0.5, 0.6) is 0 Å². The molecule has 0 radical (unpaired) electrons. The van der Waals surface area contributed by atoms with Gasteiger partial charge in [-0.2, -0.15) is 0 Å². The molecule has 0 fully saturated rings. The molecule has 1 amide bonds. The van der Waals surface area contributed by atoms with E-state index in [0.29, 0.717) is 5.56 Å². The molecule has 0 spiro atoms. The summed E-state index contributed by atoms with van der Waals surface area (Å²) >= 11 is 0. The number of amides is 1. The second-order valence-corrected chi connectivity index (χ2v) is 10.2. The summed E-state index contributed by atoms with van der Waals surface area (Å²) in [5.41, 5.74) is 0.908. The van der Waals surface area contributed by atoms with Crippen molar-refractivity contribution in [3.05, 3.63) is 60.2 Å². The van der Waals surface area contributed by atoms with Crippen LogP contribution in [0.1, 0.15) is 18.4 Å². The quantitative estimate of drug-likeness (QED) is 0.740. The number of benzene rings is 2. The van der Waals surface area contributed by atoms with Crippen molar-refractivity contribution in [2.75, 3.05) is 17.3 Å². The minimum Gasteiger partial charge on any atom is -0.325 e. The first kappa shape index (κ1) is 20.1. The van der Waals surface area contributed by atoms with Crippen LogP contribution in [-0.4, -0.2) is 34.8 Å². The van der Waals surface area contributed by atoms with Gasteiger partial charge >= 0.3 is 0 Å². The molecular weight excluding hydrogens is 374 g/mol. The van der Waals surface area contributed by atoms with Crippen molar-refractivity contribution in [1.82, 2.24) is 0 Å². The first-order chi connectivity index (χ1) is 12.2. The monoisotopic (exact) mass is 395 g/mol. The predicted octanol–water partition coefficient (Wildman–Crippen LogP) is 2.42. The van der Waals surface area contributed by atoms with Crippen LogP contribution in [0.3, 0.4) is 0 Å². The highest BCUT2D eigenvalue weighted by Gasteiger charge is 2.16. The summed E-state index contributed by atoms with van der Waals surface area (Å²) in [5, 5.41) is 2.54. The highest BCUT2D eigenvalue weighted by Crippen LogP contribution is 2.20. The van der Waals surface area contributed by atoms with Gasteiger partial charge in [0.25, 0.3) is 0 Å². The van der Waals surface area contributed by atoms with Gasteiger partial charge in [-0.15, -0.1) is 0 Å². The van der Waals surface area contributed by atoms with Crippen LogP contribution in [0, 0.1) is 0 Å². The molecule has 0 bridgehead atoms. The normalized spacial score (nSPS) is 11.9. The molecule has 0 saturated carbocycles. The molecule has 8 heteroatoms. The molecule has 140 valence electrons. The highest BCUT2D eigenvalue weighted by molar-refractivity contribution is 7.91. The Kier molecular flexibility index (Phi) is 6.55. The lowest BCUT2D eigenvalue weighted by Crippen LogP contribution is -2.16. The lowest BCUT2D eigenvalue weighted by atomic mass is 10.2. The van der Waals surface area contributed by atoms with Gasteiger partial charge in [0.05, 0.1) is 22.1 Å². The van der Waals surface area contributed by atoms with Crippen LogP contribution in [0.4, 0.5) is 5.69 Å². The Hall–Kier alpha value is -2.19. The van der Waals surface area contributed by atoms with Crippen molar-refractivity contribution in [2.45, 2.75) is 23.5 Å². The van der Waals surface area contributed by atoms with Gasteiger partial charge in [-0.25, -0.2) is 16.8 Å². The summed E-state index contributed by atoms with van der Waals surface area (Å²) in [6.07, 6.45) is 1.22. The van der Waals surface area contributed by atoms with Crippen LogP contribution < -0.4 is 5.32 Å². The van der Waals surface area contributed by atoms with Crippen molar-refractivity contribution < 1.29 is 21.6 Å². The molecule has 0 unspecified atom stereocenters. The smallest absolute Gasteiger partial charge is 0.224 e. The molecule has 0 saturated heterocycles. The van der Waals surface area contributed by atoms with E-state index in [1.807, 2.05) is 6.07 Å². The molecule has 1 N–H and O–H groups in total. The molecule has 2 rings (SSSR count). The van der Waals surface area contributed by atoms with E-state index in [2.05, 4.69) is 5.32 Å². The van der Waals surface area contributed by atoms with Crippen LogP contribution >= 0.6 is 0 Å². The standard InChI is InChI=1S/C18H21NO5S2/c1-25(21,22)17-11-6-5-10-16(17)19-18(20)12-7-13-26(23,24)14-15-8-3-2-4-9-15/h2-6,8-11H,7,12-14H2,1H3,(H,19,20). The van der Waals surface area contributed by atoms with Crippen LogP contribution in [0.2, 0.25) is 0 Å². The number of sulfone groups is 2. The van der Waals surface area contributed by atoms with Gasteiger partial charge in [0.2, 0.25) is 5.91 Å². The largest absolute Gasteiger partial charge is 0.325 e. The first-order valence-corrected chi connectivity index (χ1v) is 11.7. The van der Waals surface area contributed by atoms with Gasteiger partial charge in [-0.1, -0.05) is 42.5 Å². The molecule has 26 heavy (non-hydrogen) atoms. The Bertz CT molecular complexity index is 968.